The first-order valence-electron chi connectivity index (χ1n) is 7.47. The number of hydrogen-bond donors (Lipinski definition) is 1. The summed E-state index contributed by atoms with van der Waals surface area (Å²) in [4.78, 5) is 16.0. The molecule has 0 aliphatic carbocycles. The Kier molecular flexibility index (Phi) is 6.48. The normalized spacial score (nSPS) is 19.0. The monoisotopic (exact) mass is 370 g/mol. The number of nitrogens with one attached hydrogen (secondary N) is 1. The number of halogens is 2. The van der Waals surface area contributed by atoms with Crippen LogP contribution in [0.25, 0.3) is 0 Å². The maximum Gasteiger partial charge on any atom is 0.231 e. The molecule has 1 aliphatic rings. The van der Waals surface area contributed by atoms with Gasteiger partial charge in [0.15, 0.2) is 0 Å². The molecule has 1 amide bonds. The summed E-state index contributed by atoms with van der Waals surface area (Å²) in [7, 11) is 0. The van der Waals surface area contributed by atoms with Crippen LogP contribution in [0, 0.1) is 0 Å². The molecule has 2 unspecified atom stereocenters. The Balaban J connectivity index is 0.00000192. The summed E-state index contributed by atoms with van der Waals surface area (Å²) in [5.74, 6) is 0.0914. The maximum absolute atomic E-state index is 12.9. The Hall–Kier alpha value is -1.07. The van der Waals surface area contributed by atoms with Crippen LogP contribution in [-0.4, -0.2) is 30.4 Å². The molecule has 1 fully saturated rings. The molecule has 124 valence electrons. The zero-order valence-electron chi connectivity index (χ0n) is 12.9. The number of amides is 1. The minimum absolute atomic E-state index is 0. The van der Waals surface area contributed by atoms with Gasteiger partial charge in [-0.1, -0.05) is 29.8 Å². The van der Waals surface area contributed by atoms with E-state index in [0.29, 0.717) is 5.02 Å². The number of rotatable bonds is 3. The number of carbonyl (C=O) groups excluding carboxylic acids is 1. The van der Waals surface area contributed by atoms with Gasteiger partial charge in [-0.25, -0.2) is 0 Å². The molecule has 2 heterocycles. The first-order valence-corrected chi connectivity index (χ1v) is 8.72. The maximum atomic E-state index is 12.9. The molecule has 1 N–H and O–H groups in total. The molecular weight excluding hydrogens is 351 g/mol. The van der Waals surface area contributed by atoms with E-state index in [1.807, 2.05) is 53.6 Å². The first-order chi connectivity index (χ1) is 10.7. The lowest BCUT2D eigenvalue weighted by molar-refractivity contribution is -0.135. The Morgan fingerprint density at radius 3 is 2.91 bits per heavy atom. The number of piperazine rings is 1. The number of benzene rings is 1. The van der Waals surface area contributed by atoms with Crippen molar-refractivity contribution in [2.75, 3.05) is 19.6 Å². The van der Waals surface area contributed by atoms with Gasteiger partial charge in [0.05, 0.1) is 12.0 Å². The molecule has 3 rings (SSSR count). The number of hydrogen-bond acceptors (Lipinski definition) is 3. The van der Waals surface area contributed by atoms with E-state index < -0.39 is 0 Å². The van der Waals surface area contributed by atoms with Crippen LogP contribution in [-0.2, 0) is 4.79 Å². The summed E-state index contributed by atoms with van der Waals surface area (Å²) < 4.78 is 0. The van der Waals surface area contributed by atoms with Crippen molar-refractivity contribution in [2.24, 2.45) is 0 Å². The Morgan fingerprint density at radius 2 is 2.22 bits per heavy atom. The summed E-state index contributed by atoms with van der Waals surface area (Å²) in [5.41, 5.74) is 1.09. The van der Waals surface area contributed by atoms with Crippen molar-refractivity contribution < 1.29 is 4.79 Å². The van der Waals surface area contributed by atoms with E-state index in [2.05, 4.69) is 5.32 Å². The smallest absolute Gasteiger partial charge is 0.231 e. The molecule has 3 nitrogen and oxygen atoms in total. The van der Waals surface area contributed by atoms with Gasteiger partial charge in [-0.2, -0.15) is 0 Å². The van der Waals surface area contributed by atoms with Gasteiger partial charge in [-0.15, -0.1) is 23.7 Å². The van der Waals surface area contributed by atoms with Gasteiger partial charge in [-0.05, 0) is 36.1 Å². The summed E-state index contributed by atoms with van der Waals surface area (Å²) in [6, 6.07) is 11.9. The molecule has 1 aromatic carbocycles. The lowest BCUT2D eigenvalue weighted by Crippen LogP contribution is -2.49. The van der Waals surface area contributed by atoms with E-state index in [9.17, 15) is 4.79 Å². The molecule has 1 aliphatic heterocycles. The molecule has 6 heteroatoms. The molecular formula is C17H20Cl2N2OS. The Morgan fingerprint density at radius 1 is 1.39 bits per heavy atom. The second kappa shape index (κ2) is 8.15. The molecule has 1 saturated heterocycles. The highest BCUT2D eigenvalue weighted by Gasteiger charge is 2.31. The summed E-state index contributed by atoms with van der Waals surface area (Å²) >= 11 is 7.75. The average Bonchev–Trinajstić information content (AvgIpc) is 3.08. The Bertz CT molecular complexity index is 648. The summed E-state index contributed by atoms with van der Waals surface area (Å²) in [5, 5.41) is 6.11. The fourth-order valence-electron chi connectivity index (χ4n) is 2.89. The van der Waals surface area contributed by atoms with Crippen LogP contribution in [0.15, 0.2) is 41.8 Å². The third-order valence-electron chi connectivity index (χ3n) is 4.10. The third-order valence-corrected chi connectivity index (χ3v) is 5.39. The second-order valence-electron chi connectivity index (χ2n) is 5.54. The zero-order valence-corrected chi connectivity index (χ0v) is 15.3. The first kappa shape index (κ1) is 18.3. The fraction of sp³-hybridized carbons (Fsp3) is 0.353. The van der Waals surface area contributed by atoms with Gasteiger partial charge < -0.3 is 10.2 Å². The van der Waals surface area contributed by atoms with Crippen molar-refractivity contribution in [1.29, 1.82) is 0 Å². The van der Waals surface area contributed by atoms with Crippen LogP contribution in [0.2, 0.25) is 5.02 Å². The molecule has 0 spiro atoms. The average molecular weight is 371 g/mol. The van der Waals surface area contributed by atoms with E-state index in [-0.39, 0.29) is 30.3 Å². The van der Waals surface area contributed by atoms with E-state index in [4.69, 9.17) is 11.6 Å². The highest BCUT2D eigenvalue weighted by atomic mass is 35.5. The summed E-state index contributed by atoms with van der Waals surface area (Å²) in [6.07, 6.45) is 0. The molecule has 1 aromatic heterocycles. The number of thiophene rings is 1. The van der Waals surface area contributed by atoms with Crippen LogP contribution in [0.3, 0.4) is 0 Å². The van der Waals surface area contributed by atoms with E-state index >= 15 is 0 Å². The van der Waals surface area contributed by atoms with Crippen LogP contribution in [0.4, 0.5) is 0 Å². The van der Waals surface area contributed by atoms with Crippen molar-refractivity contribution in [1.82, 2.24) is 10.2 Å². The van der Waals surface area contributed by atoms with E-state index in [0.717, 1.165) is 30.1 Å². The van der Waals surface area contributed by atoms with E-state index in [1.54, 1.807) is 11.3 Å². The largest absolute Gasteiger partial charge is 0.333 e. The predicted molar refractivity (Wildman–Crippen MR) is 98.8 cm³/mol. The van der Waals surface area contributed by atoms with Gasteiger partial charge in [0, 0.05) is 29.5 Å². The minimum Gasteiger partial charge on any atom is -0.333 e. The minimum atomic E-state index is -0.0974. The zero-order chi connectivity index (χ0) is 15.5. The SMILES string of the molecule is CC(C(=O)N1CCNCC1c1cccc(Cl)c1)c1cccs1.Cl. The molecule has 2 atom stereocenters. The molecule has 2 aromatic rings. The molecule has 0 saturated carbocycles. The van der Waals surface area contributed by atoms with Gasteiger partial charge in [0.1, 0.15) is 0 Å². The topological polar surface area (TPSA) is 32.3 Å². The predicted octanol–water partition coefficient (Wildman–Crippen LogP) is 4.10. The highest BCUT2D eigenvalue weighted by molar-refractivity contribution is 7.10. The lowest BCUT2D eigenvalue weighted by atomic mass is 10.00. The molecule has 0 bridgehead atoms. The van der Waals surface area contributed by atoms with Gasteiger partial charge >= 0.3 is 0 Å². The van der Waals surface area contributed by atoms with Crippen LogP contribution in [0.1, 0.15) is 29.3 Å². The van der Waals surface area contributed by atoms with Crippen LogP contribution >= 0.6 is 35.3 Å². The quantitative estimate of drug-likeness (QED) is 0.881. The van der Waals surface area contributed by atoms with Crippen LogP contribution < -0.4 is 5.32 Å². The fourth-order valence-corrected chi connectivity index (χ4v) is 3.86. The third kappa shape index (κ3) is 4.07. The lowest BCUT2D eigenvalue weighted by Gasteiger charge is -2.38. The van der Waals surface area contributed by atoms with Crippen molar-refractivity contribution in [3.05, 3.63) is 57.2 Å². The van der Waals surface area contributed by atoms with Crippen molar-refractivity contribution in [2.45, 2.75) is 18.9 Å². The van der Waals surface area contributed by atoms with Crippen molar-refractivity contribution in [3.63, 3.8) is 0 Å². The van der Waals surface area contributed by atoms with Gasteiger partial charge in [0.25, 0.3) is 0 Å². The summed E-state index contributed by atoms with van der Waals surface area (Å²) in [6.45, 7) is 4.32. The highest BCUT2D eigenvalue weighted by Crippen LogP contribution is 2.29. The standard InChI is InChI=1S/C17H19ClN2OS.ClH/c1-12(16-6-3-9-22-16)17(21)20-8-7-19-11-15(20)13-4-2-5-14(18)10-13;/h2-6,9-10,12,15,19H,7-8,11H2,1H3;1H. The number of nitrogens with zero attached hydrogens (tertiary/aromatic N) is 1. The number of carbonyl (C=O) groups is 1. The Labute approximate surface area is 152 Å². The van der Waals surface area contributed by atoms with Crippen molar-refractivity contribution in [3.8, 4) is 0 Å². The molecule has 0 radical (unpaired) electrons. The van der Waals surface area contributed by atoms with Gasteiger partial charge in [-0.3, -0.25) is 4.79 Å². The van der Waals surface area contributed by atoms with Gasteiger partial charge in [0.2, 0.25) is 5.91 Å². The van der Waals surface area contributed by atoms with E-state index in [1.165, 1.54) is 0 Å². The molecule has 23 heavy (non-hydrogen) atoms. The van der Waals surface area contributed by atoms with Crippen LogP contribution in [0.5, 0.6) is 0 Å². The second-order valence-corrected chi connectivity index (χ2v) is 6.96. The van der Waals surface area contributed by atoms with Crippen molar-refractivity contribution >= 4 is 41.3 Å².